The van der Waals surface area contributed by atoms with E-state index in [1.807, 2.05) is 12.1 Å². The first-order valence-corrected chi connectivity index (χ1v) is 12.3. The van der Waals surface area contributed by atoms with Gasteiger partial charge in [-0.25, -0.2) is 0 Å². The summed E-state index contributed by atoms with van der Waals surface area (Å²) in [5, 5.41) is -1.66. The summed E-state index contributed by atoms with van der Waals surface area (Å²) >= 11 is 0. The summed E-state index contributed by atoms with van der Waals surface area (Å²) in [5.74, 6) is 0. The Labute approximate surface area is 260 Å². The van der Waals surface area contributed by atoms with Crippen molar-refractivity contribution < 1.29 is 26.0 Å². The molecule has 0 nitrogen and oxygen atoms in total. The summed E-state index contributed by atoms with van der Waals surface area (Å²) in [6.07, 6.45) is 0. The van der Waals surface area contributed by atoms with Crippen molar-refractivity contribution in [3.05, 3.63) is 157 Å². The topological polar surface area (TPSA) is 0 Å². The Balaban J connectivity index is 1.74. The molecule has 0 bridgehead atoms. The van der Waals surface area contributed by atoms with Gasteiger partial charge >= 0.3 is 0 Å². The van der Waals surface area contributed by atoms with Crippen molar-refractivity contribution in [2.75, 3.05) is 0 Å². The van der Waals surface area contributed by atoms with Gasteiger partial charge in [0.2, 0.25) is 0 Å². The maximum atomic E-state index is 9.64. The summed E-state index contributed by atoms with van der Waals surface area (Å²) < 4.78 is 170. The van der Waals surface area contributed by atoms with Crippen molar-refractivity contribution in [2.45, 2.75) is 0 Å². The highest BCUT2D eigenvalue weighted by Gasteiger charge is 2.18. The molecule has 0 atom stereocenters. The van der Waals surface area contributed by atoms with Crippen molar-refractivity contribution in [3.63, 3.8) is 0 Å². The number of rotatable bonds is 3. The zero-order valence-electron chi connectivity index (χ0n) is 39.5. The molecule has 0 saturated carbocycles. The molecule has 0 aliphatic carbocycles. The van der Waals surface area contributed by atoms with Crippen molar-refractivity contribution in [3.8, 4) is 33.4 Å². The molecule has 0 fully saturated rings. The van der Waals surface area contributed by atoms with E-state index in [-0.39, 0.29) is 11.1 Å². The summed E-state index contributed by atoms with van der Waals surface area (Å²) in [6, 6.07) is -2.63. The minimum Gasteiger partial charge on any atom is -0.0616 e. The molecule has 40 heavy (non-hydrogen) atoms. The first kappa shape index (κ1) is 10.8. The molecule has 0 unspecified atom stereocenters. The summed E-state index contributed by atoms with van der Waals surface area (Å²) in [7, 11) is 0. The molecule has 0 radical (unpaired) electrons. The normalized spacial score (nSPS) is 18.1. The maximum absolute atomic E-state index is 9.64. The monoisotopic (exact) mass is 525 g/mol. The molecule has 0 saturated heterocycles. The lowest BCUT2D eigenvalue weighted by atomic mass is 9.84. The van der Waals surface area contributed by atoms with Gasteiger partial charge in [0.05, 0.1) is 26.0 Å². The van der Waals surface area contributed by atoms with E-state index in [0.717, 1.165) is 5.39 Å². The van der Waals surface area contributed by atoms with Gasteiger partial charge < -0.3 is 0 Å². The lowest BCUT2D eigenvalue weighted by Gasteiger charge is -2.19. The second-order valence-corrected chi connectivity index (χ2v) is 9.06. The van der Waals surface area contributed by atoms with Gasteiger partial charge in [0.1, 0.15) is 0 Å². The molecule has 0 heteroatoms. The fourth-order valence-corrected chi connectivity index (χ4v) is 5.08. The Morgan fingerprint density at radius 2 is 0.950 bits per heavy atom. The van der Waals surface area contributed by atoms with Crippen LogP contribution in [-0.2, 0) is 0 Å². The number of hydrogen-bond donors (Lipinski definition) is 0. The molecular weight excluding hydrogens is 480 g/mol. The fraction of sp³-hybridized carbons (Fsp3) is 0. The minimum absolute atomic E-state index is 0.154. The van der Waals surface area contributed by atoms with Crippen molar-refractivity contribution in [1.82, 2.24) is 0 Å². The molecule has 0 N–H and O–H groups in total. The summed E-state index contributed by atoms with van der Waals surface area (Å²) in [4.78, 5) is 0. The lowest BCUT2D eigenvalue weighted by Crippen LogP contribution is -1.92. The highest BCUT2D eigenvalue weighted by atomic mass is 14.2. The molecule has 186 valence electrons. The van der Waals surface area contributed by atoms with Crippen LogP contribution in [-0.4, -0.2) is 0 Å². The van der Waals surface area contributed by atoms with Gasteiger partial charge in [-0.3, -0.25) is 0 Å². The number of hydrogen-bond acceptors (Lipinski definition) is 0. The van der Waals surface area contributed by atoms with Gasteiger partial charge in [-0.2, -0.15) is 0 Å². The van der Waals surface area contributed by atoms with Crippen LogP contribution in [0.5, 0.6) is 0 Å². The SMILES string of the molecule is [2H]c1c([2H])c(-c2ccc3ccccc3c2)c([2H])c(-c2c3c([2H])c([2H])c([2H])c([2H])c3c(-c3c([2H])c([2H])c([2H])c4c([2H])c([2H])c([2H])c([2H])c34)c3c([2H])c([2H])c([2H])c([2H])c23)c1[2H]. The van der Waals surface area contributed by atoms with E-state index in [0.29, 0.717) is 5.39 Å². The van der Waals surface area contributed by atoms with E-state index in [4.69, 9.17) is 16.4 Å². The molecule has 0 amide bonds. The molecule has 8 rings (SSSR count). The largest absolute Gasteiger partial charge is 0.0636 e. The van der Waals surface area contributed by atoms with E-state index in [2.05, 4.69) is 0 Å². The third-order valence-electron chi connectivity index (χ3n) is 6.85. The minimum atomic E-state index is -0.854. The average molecular weight is 526 g/mol. The van der Waals surface area contributed by atoms with Gasteiger partial charge in [-0.15, -0.1) is 0 Å². The smallest absolute Gasteiger partial charge is 0.0616 e. The third kappa shape index (κ3) is 3.61. The summed E-state index contributed by atoms with van der Waals surface area (Å²) in [6.45, 7) is 0. The van der Waals surface area contributed by atoms with Gasteiger partial charge in [0, 0.05) is 0 Å². The van der Waals surface area contributed by atoms with Gasteiger partial charge in [-0.05, 0) is 88.6 Å². The molecular formula is C40H26. The van der Waals surface area contributed by atoms with Crippen LogP contribution in [0.25, 0.3) is 76.5 Å². The van der Waals surface area contributed by atoms with Gasteiger partial charge in [-0.1, -0.05) is 145 Å². The van der Waals surface area contributed by atoms with Crippen LogP contribution in [0.1, 0.15) is 26.0 Å². The highest BCUT2D eigenvalue weighted by Crippen LogP contribution is 2.45. The van der Waals surface area contributed by atoms with E-state index in [1.165, 1.54) is 0 Å². The Bertz CT molecular complexity index is 3170. The number of fused-ring (bicyclic) bond motifs is 4. The van der Waals surface area contributed by atoms with Crippen LogP contribution in [0.15, 0.2) is 157 Å². The third-order valence-corrected chi connectivity index (χ3v) is 6.85. The molecule has 0 aliphatic rings. The van der Waals surface area contributed by atoms with Crippen LogP contribution in [0, 0.1) is 0 Å². The molecule has 0 spiro atoms. The first-order valence-electron chi connectivity index (χ1n) is 21.8. The fourth-order valence-electron chi connectivity index (χ4n) is 5.08. The van der Waals surface area contributed by atoms with Crippen molar-refractivity contribution >= 4 is 43.1 Å². The molecule has 0 aliphatic heterocycles. The second-order valence-electron chi connectivity index (χ2n) is 9.06. The van der Waals surface area contributed by atoms with Crippen molar-refractivity contribution in [2.24, 2.45) is 0 Å². The summed E-state index contributed by atoms with van der Waals surface area (Å²) in [5.41, 5.74) is -1.99. The first-order chi connectivity index (χ1) is 27.8. The Hall–Kier alpha value is -5.20. The predicted molar refractivity (Wildman–Crippen MR) is 173 cm³/mol. The predicted octanol–water partition coefficient (Wildman–Crippen LogP) is 11.3. The standard InChI is InChI=1S/C40H26/c1-2-13-29-25-31(24-23-27(29)11-1)30-15-9-16-32(26-30)39-35-18-5-7-20-37(35)40(38-21-8-6-19-36(38)39)34-22-10-14-28-12-3-4-17-33(28)34/h1-26H/i3D,4D,5D,6D,7D,8D,9D,10D,12D,14D,15D,16D,17D,18D,19D,20D,21D,22D,26D. The van der Waals surface area contributed by atoms with E-state index < -0.39 is 169 Å². The van der Waals surface area contributed by atoms with Crippen LogP contribution in [0.4, 0.5) is 0 Å². The van der Waals surface area contributed by atoms with Crippen LogP contribution in [0.3, 0.4) is 0 Å². The van der Waals surface area contributed by atoms with Crippen LogP contribution < -0.4 is 0 Å². The Morgan fingerprint density at radius 1 is 0.375 bits per heavy atom. The zero-order chi connectivity index (χ0) is 43.0. The van der Waals surface area contributed by atoms with E-state index in [9.17, 15) is 9.60 Å². The number of benzene rings is 8. The van der Waals surface area contributed by atoms with E-state index in [1.54, 1.807) is 30.3 Å². The Kier molecular flexibility index (Phi) is 2.48. The lowest BCUT2D eigenvalue weighted by molar-refractivity contribution is 1.63. The zero-order valence-corrected chi connectivity index (χ0v) is 20.5. The maximum Gasteiger partial charge on any atom is 0.0636 e. The average Bonchev–Trinajstić information content (AvgIpc) is 3.22. The second kappa shape index (κ2) is 9.22. The van der Waals surface area contributed by atoms with Crippen molar-refractivity contribution in [1.29, 1.82) is 0 Å². The molecule has 8 aromatic carbocycles. The molecule has 0 heterocycles. The van der Waals surface area contributed by atoms with Gasteiger partial charge in [0.25, 0.3) is 0 Å². The van der Waals surface area contributed by atoms with Crippen LogP contribution in [0.2, 0.25) is 0 Å². The Morgan fingerprint density at radius 3 is 1.70 bits per heavy atom. The molecule has 8 aromatic rings. The van der Waals surface area contributed by atoms with E-state index >= 15 is 0 Å². The van der Waals surface area contributed by atoms with Gasteiger partial charge in [0.15, 0.2) is 0 Å². The molecule has 0 aromatic heterocycles. The highest BCUT2D eigenvalue weighted by molar-refractivity contribution is 6.23. The quantitative estimate of drug-likeness (QED) is 0.201. The van der Waals surface area contributed by atoms with Crippen LogP contribution >= 0.6 is 0 Å².